The van der Waals surface area contributed by atoms with E-state index in [4.69, 9.17) is 4.74 Å². The molecule has 1 aliphatic carbocycles. The summed E-state index contributed by atoms with van der Waals surface area (Å²) in [5.74, 6) is 0. The van der Waals surface area contributed by atoms with E-state index in [2.05, 4.69) is 27.2 Å². The van der Waals surface area contributed by atoms with Crippen molar-refractivity contribution in [3.63, 3.8) is 0 Å². The Hall–Kier alpha value is -1.30. The molecule has 0 aromatic carbocycles. The van der Waals surface area contributed by atoms with Crippen molar-refractivity contribution in [2.45, 2.75) is 39.2 Å². The number of carbonyl (C=O) groups excluding carboxylic acids is 1. The van der Waals surface area contributed by atoms with Gasteiger partial charge in [-0.25, -0.2) is 9.48 Å². The lowest BCUT2D eigenvalue weighted by Gasteiger charge is -2.56. The van der Waals surface area contributed by atoms with Crippen LogP contribution in [0.1, 0.15) is 33.6 Å². The third-order valence-electron chi connectivity index (χ3n) is 3.79. The lowest BCUT2D eigenvalue weighted by atomic mass is 9.61. The number of hydrogen-bond acceptors (Lipinski definition) is 3. The fourth-order valence-corrected chi connectivity index (χ4v) is 3.32. The molecule has 2 fully saturated rings. The number of halogens is 1. The number of carbonyl (C=O) groups is 1. The molecule has 6 heteroatoms. The molecule has 1 aromatic heterocycles. The SMILES string of the molecule is CC(C)(C)OC(=O)N1CC2(CC(=Cn3cc(Br)cn3)C2)C1. The zero-order valence-corrected chi connectivity index (χ0v) is 14.2. The monoisotopic (exact) mass is 353 g/mol. The Morgan fingerprint density at radius 1 is 1.43 bits per heavy atom. The maximum Gasteiger partial charge on any atom is 0.410 e. The normalized spacial score (nSPS) is 20.0. The van der Waals surface area contributed by atoms with Crippen LogP contribution in [0, 0.1) is 5.41 Å². The van der Waals surface area contributed by atoms with Crippen molar-refractivity contribution in [2.75, 3.05) is 13.1 Å². The number of ether oxygens (including phenoxy) is 1. The molecule has 2 heterocycles. The van der Waals surface area contributed by atoms with Gasteiger partial charge in [-0.3, -0.25) is 0 Å². The molecule has 0 radical (unpaired) electrons. The van der Waals surface area contributed by atoms with E-state index >= 15 is 0 Å². The summed E-state index contributed by atoms with van der Waals surface area (Å²) < 4.78 is 8.19. The van der Waals surface area contributed by atoms with Gasteiger partial charge in [0.2, 0.25) is 0 Å². The summed E-state index contributed by atoms with van der Waals surface area (Å²) in [5, 5.41) is 4.22. The van der Waals surface area contributed by atoms with Crippen molar-refractivity contribution >= 4 is 28.2 Å². The van der Waals surface area contributed by atoms with Gasteiger partial charge in [-0.05, 0) is 49.5 Å². The fraction of sp³-hybridized carbons (Fsp3) is 0.600. The second kappa shape index (κ2) is 4.87. The van der Waals surface area contributed by atoms with Crippen LogP contribution in [0.15, 0.2) is 22.4 Å². The highest BCUT2D eigenvalue weighted by Gasteiger charge is 2.52. The van der Waals surface area contributed by atoms with Crippen LogP contribution in [-0.4, -0.2) is 39.5 Å². The third kappa shape index (κ3) is 3.15. The Balaban J connectivity index is 1.50. The quantitative estimate of drug-likeness (QED) is 0.775. The van der Waals surface area contributed by atoms with Gasteiger partial charge in [-0.2, -0.15) is 5.10 Å². The minimum Gasteiger partial charge on any atom is -0.444 e. The highest BCUT2D eigenvalue weighted by Crippen LogP contribution is 2.52. The first-order chi connectivity index (χ1) is 9.75. The molecule has 21 heavy (non-hydrogen) atoms. The average Bonchev–Trinajstić information content (AvgIpc) is 2.62. The van der Waals surface area contributed by atoms with E-state index in [1.165, 1.54) is 5.57 Å². The Kier molecular flexibility index (Phi) is 3.39. The zero-order valence-electron chi connectivity index (χ0n) is 12.6. The lowest BCUT2D eigenvalue weighted by molar-refractivity contribution is -0.0500. The molecule has 0 atom stereocenters. The second-order valence-electron chi connectivity index (χ2n) is 7.12. The molecule has 0 bridgehead atoms. The van der Waals surface area contributed by atoms with Gasteiger partial charge in [0.25, 0.3) is 0 Å². The van der Waals surface area contributed by atoms with Crippen molar-refractivity contribution in [2.24, 2.45) is 5.41 Å². The van der Waals surface area contributed by atoms with Gasteiger partial charge in [-0.1, -0.05) is 5.57 Å². The maximum atomic E-state index is 11.9. The summed E-state index contributed by atoms with van der Waals surface area (Å²) in [7, 11) is 0. The highest BCUT2D eigenvalue weighted by atomic mass is 79.9. The number of rotatable bonds is 1. The van der Waals surface area contributed by atoms with Gasteiger partial charge in [-0.15, -0.1) is 0 Å². The van der Waals surface area contributed by atoms with Crippen LogP contribution in [-0.2, 0) is 4.74 Å². The summed E-state index contributed by atoms with van der Waals surface area (Å²) in [6, 6.07) is 0. The summed E-state index contributed by atoms with van der Waals surface area (Å²) in [6.45, 7) is 7.30. The van der Waals surface area contributed by atoms with Crippen LogP contribution in [0.2, 0.25) is 0 Å². The topological polar surface area (TPSA) is 47.4 Å². The highest BCUT2D eigenvalue weighted by molar-refractivity contribution is 9.10. The van der Waals surface area contributed by atoms with Crippen molar-refractivity contribution in [3.8, 4) is 0 Å². The molecular weight excluding hydrogens is 334 g/mol. The Morgan fingerprint density at radius 2 is 2.10 bits per heavy atom. The molecule has 1 saturated carbocycles. The summed E-state index contributed by atoms with van der Waals surface area (Å²) in [4.78, 5) is 13.7. The molecule has 1 amide bonds. The average molecular weight is 354 g/mol. The molecule has 114 valence electrons. The fourth-order valence-electron chi connectivity index (χ4n) is 3.02. The molecule has 1 aromatic rings. The second-order valence-corrected chi connectivity index (χ2v) is 8.03. The summed E-state index contributed by atoms with van der Waals surface area (Å²) in [6.07, 6.45) is 7.69. The van der Waals surface area contributed by atoms with E-state index in [0.717, 1.165) is 30.4 Å². The predicted octanol–water partition coefficient (Wildman–Crippen LogP) is 3.52. The van der Waals surface area contributed by atoms with Gasteiger partial charge >= 0.3 is 6.09 Å². The number of hydrogen-bond donors (Lipinski definition) is 0. The standard InChI is InChI=1S/C15H20BrN3O2/c1-14(2,3)21-13(20)18-9-15(10-18)4-11(5-15)7-19-8-12(16)6-17-19/h6-8H,4-5,9-10H2,1-3H3. The molecule has 5 nitrogen and oxygen atoms in total. The van der Waals surface area contributed by atoms with E-state index in [-0.39, 0.29) is 11.5 Å². The van der Waals surface area contributed by atoms with E-state index < -0.39 is 5.60 Å². The molecule has 1 saturated heterocycles. The lowest BCUT2D eigenvalue weighted by Crippen LogP contribution is -2.62. The largest absolute Gasteiger partial charge is 0.444 e. The van der Waals surface area contributed by atoms with E-state index in [0.29, 0.717) is 0 Å². The van der Waals surface area contributed by atoms with Gasteiger partial charge < -0.3 is 9.64 Å². The summed E-state index contributed by atoms with van der Waals surface area (Å²) in [5.41, 5.74) is 1.25. The van der Waals surface area contributed by atoms with E-state index in [9.17, 15) is 4.79 Å². The Bertz CT molecular complexity index is 584. The first-order valence-corrected chi connectivity index (χ1v) is 7.91. The van der Waals surface area contributed by atoms with Crippen LogP contribution < -0.4 is 0 Å². The molecule has 0 N–H and O–H groups in total. The van der Waals surface area contributed by atoms with E-state index in [1.54, 1.807) is 11.1 Å². The smallest absolute Gasteiger partial charge is 0.410 e. The van der Waals surface area contributed by atoms with Gasteiger partial charge in [0, 0.05) is 30.9 Å². The number of allylic oxidation sites excluding steroid dienone is 1. The first kappa shape index (κ1) is 14.6. The maximum absolute atomic E-state index is 11.9. The molecule has 1 aliphatic heterocycles. The van der Waals surface area contributed by atoms with Crippen LogP contribution >= 0.6 is 15.9 Å². The van der Waals surface area contributed by atoms with Crippen LogP contribution in [0.5, 0.6) is 0 Å². The molecule has 1 spiro atoms. The Labute approximate surface area is 133 Å². The zero-order chi connectivity index (χ0) is 15.3. The first-order valence-electron chi connectivity index (χ1n) is 7.12. The number of likely N-dealkylation sites (tertiary alicyclic amines) is 1. The molecule has 3 rings (SSSR count). The van der Waals surface area contributed by atoms with E-state index in [1.807, 2.05) is 31.6 Å². The predicted molar refractivity (Wildman–Crippen MR) is 83.7 cm³/mol. The minimum atomic E-state index is -0.419. The third-order valence-corrected chi connectivity index (χ3v) is 4.20. The van der Waals surface area contributed by atoms with Gasteiger partial charge in [0.15, 0.2) is 0 Å². The van der Waals surface area contributed by atoms with Crippen LogP contribution in [0.3, 0.4) is 0 Å². The van der Waals surface area contributed by atoms with Gasteiger partial charge in [0.05, 0.1) is 10.7 Å². The molecule has 2 aliphatic rings. The van der Waals surface area contributed by atoms with Gasteiger partial charge in [0.1, 0.15) is 5.60 Å². The number of amides is 1. The number of aromatic nitrogens is 2. The van der Waals surface area contributed by atoms with Crippen molar-refractivity contribution < 1.29 is 9.53 Å². The van der Waals surface area contributed by atoms with Crippen molar-refractivity contribution in [1.82, 2.24) is 14.7 Å². The number of nitrogens with zero attached hydrogens (tertiary/aromatic N) is 3. The summed E-state index contributed by atoms with van der Waals surface area (Å²) >= 11 is 3.39. The van der Waals surface area contributed by atoms with Crippen LogP contribution in [0.4, 0.5) is 4.79 Å². The van der Waals surface area contributed by atoms with Crippen molar-refractivity contribution in [1.29, 1.82) is 0 Å². The molecular formula is C15H20BrN3O2. The molecule has 0 unspecified atom stereocenters. The van der Waals surface area contributed by atoms with Crippen molar-refractivity contribution in [3.05, 3.63) is 22.4 Å². The minimum absolute atomic E-state index is 0.193. The Morgan fingerprint density at radius 3 is 2.62 bits per heavy atom. The van der Waals surface area contributed by atoms with Crippen LogP contribution in [0.25, 0.3) is 6.20 Å².